The first-order valence-corrected chi connectivity index (χ1v) is 12.0. The number of likely N-dealkylation sites (tertiary alicyclic amines) is 1. The molecule has 0 saturated carbocycles. The number of aryl methyl sites for hydroxylation is 1. The summed E-state index contributed by atoms with van der Waals surface area (Å²) in [4.78, 5) is 39.9. The second kappa shape index (κ2) is 11.2. The molecule has 8 heteroatoms. The summed E-state index contributed by atoms with van der Waals surface area (Å²) in [5.41, 5.74) is 3.21. The van der Waals surface area contributed by atoms with Crippen molar-refractivity contribution in [1.29, 1.82) is 0 Å². The van der Waals surface area contributed by atoms with E-state index in [1.54, 1.807) is 56.7 Å². The summed E-state index contributed by atoms with van der Waals surface area (Å²) < 4.78 is 15.5. The van der Waals surface area contributed by atoms with E-state index in [4.69, 9.17) is 14.2 Å². The molecule has 1 N–H and O–H groups in total. The van der Waals surface area contributed by atoms with Crippen LogP contribution in [0.3, 0.4) is 0 Å². The molecule has 1 atom stereocenters. The predicted octanol–water partition coefficient (Wildman–Crippen LogP) is 4.46. The van der Waals surface area contributed by atoms with E-state index in [1.807, 2.05) is 31.2 Å². The zero-order valence-electron chi connectivity index (χ0n) is 21.7. The summed E-state index contributed by atoms with van der Waals surface area (Å²) in [5.74, 6) is -1.09. The lowest BCUT2D eigenvalue weighted by atomic mass is 9.94. The first-order chi connectivity index (χ1) is 18.3. The number of rotatable bonds is 8. The van der Waals surface area contributed by atoms with Crippen molar-refractivity contribution in [1.82, 2.24) is 4.90 Å². The molecular formula is C30H29NO7. The normalized spacial score (nSPS) is 16.4. The third-order valence-electron chi connectivity index (χ3n) is 6.60. The average molecular weight is 516 g/mol. The molecule has 0 radical (unpaired) electrons. The van der Waals surface area contributed by atoms with Gasteiger partial charge in [-0.2, -0.15) is 0 Å². The highest BCUT2D eigenvalue weighted by molar-refractivity contribution is 6.46. The fraction of sp³-hybridized carbons (Fsp3) is 0.233. The van der Waals surface area contributed by atoms with Gasteiger partial charge < -0.3 is 24.2 Å². The molecule has 1 aliphatic heterocycles. The fourth-order valence-corrected chi connectivity index (χ4v) is 4.53. The molecule has 1 amide bonds. The Kier molecular flexibility index (Phi) is 7.81. The molecule has 1 fully saturated rings. The fourth-order valence-electron chi connectivity index (χ4n) is 4.53. The van der Waals surface area contributed by atoms with Gasteiger partial charge in [-0.1, -0.05) is 48.0 Å². The number of aliphatic hydroxyl groups is 1. The van der Waals surface area contributed by atoms with Crippen LogP contribution in [0.1, 0.15) is 38.7 Å². The number of nitrogens with zero attached hydrogens (tertiary/aromatic N) is 1. The van der Waals surface area contributed by atoms with E-state index in [9.17, 15) is 19.5 Å². The molecule has 3 aromatic carbocycles. The van der Waals surface area contributed by atoms with Gasteiger partial charge in [-0.25, -0.2) is 4.79 Å². The number of aliphatic hydroxyl groups excluding tert-OH is 1. The van der Waals surface area contributed by atoms with Gasteiger partial charge in [0.25, 0.3) is 11.7 Å². The van der Waals surface area contributed by atoms with Gasteiger partial charge in [0.2, 0.25) is 0 Å². The molecule has 196 valence electrons. The van der Waals surface area contributed by atoms with Crippen molar-refractivity contribution < 1.29 is 33.7 Å². The molecule has 38 heavy (non-hydrogen) atoms. The number of ketones is 1. The molecule has 4 rings (SSSR count). The standard InChI is InChI=1S/C30H29NO7/c1-18-5-8-21(9-6-18)27(32)25-26(20-10-12-22(13-11-20)30(35)38-4)31(29(34)28(25)33)16-15-19-7-14-23(36-2)24(17-19)37-3/h5-14,17,26,32H,15-16H2,1-4H3/b27-25-. The van der Waals surface area contributed by atoms with Crippen molar-refractivity contribution in [2.45, 2.75) is 19.4 Å². The zero-order valence-corrected chi connectivity index (χ0v) is 21.7. The molecular weight excluding hydrogens is 486 g/mol. The van der Waals surface area contributed by atoms with Gasteiger partial charge in [0, 0.05) is 12.1 Å². The highest BCUT2D eigenvalue weighted by Crippen LogP contribution is 2.40. The van der Waals surface area contributed by atoms with Gasteiger partial charge in [0.05, 0.1) is 38.5 Å². The first kappa shape index (κ1) is 26.5. The van der Waals surface area contributed by atoms with E-state index in [2.05, 4.69) is 0 Å². The number of amides is 1. The smallest absolute Gasteiger partial charge is 0.337 e. The van der Waals surface area contributed by atoms with E-state index in [-0.39, 0.29) is 17.9 Å². The number of benzene rings is 3. The van der Waals surface area contributed by atoms with Crippen molar-refractivity contribution in [3.05, 3.63) is 100 Å². The van der Waals surface area contributed by atoms with E-state index >= 15 is 0 Å². The molecule has 3 aromatic rings. The maximum atomic E-state index is 13.3. The molecule has 0 bridgehead atoms. The Morgan fingerprint density at radius 3 is 2.11 bits per heavy atom. The van der Waals surface area contributed by atoms with Gasteiger partial charge in [-0.05, 0) is 48.7 Å². The molecule has 0 spiro atoms. The molecule has 0 aromatic heterocycles. The third kappa shape index (κ3) is 5.11. The second-order valence-corrected chi connectivity index (χ2v) is 8.91. The molecule has 1 unspecified atom stereocenters. The Morgan fingerprint density at radius 2 is 1.50 bits per heavy atom. The largest absolute Gasteiger partial charge is 0.507 e. The van der Waals surface area contributed by atoms with Gasteiger partial charge in [0.1, 0.15) is 5.76 Å². The van der Waals surface area contributed by atoms with Crippen LogP contribution in [0.4, 0.5) is 0 Å². The average Bonchev–Trinajstić information content (AvgIpc) is 3.20. The van der Waals surface area contributed by atoms with E-state index in [0.717, 1.165) is 11.1 Å². The summed E-state index contributed by atoms with van der Waals surface area (Å²) in [7, 11) is 4.39. The third-order valence-corrected chi connectivity index (χ3v) is 6.60. The summed E-state index contributed by atoms with van der Waals surface area (Å²) in [6.07, 6.45) is 0.425. The van der Waals surface area contributed by atoms with Crippen LogP contribution in [0.25, 0.3) is 5.76 Å². The number of Topliss-reactive ketones (excluding diaryl/α,β-unsaturated/α-hetero) is 1. The Morgan fingerprint density at radius 1 is 0.868 bits per heavy atom. The predicted molar refractivity (Wildman–Crippen MR) is 141 cm³/mol. The van der Waals surface area contributed by atoms with Crippen LogP contribution < -0.4 is 9.47 Å². The zero-order chi connectivity index (χ0) is 27.4. The minimum absolute atomic E-state index is 0.00279. The molecule has 0 aliphatic carbocycles. The molecule has 1 aliphatic rings. The minimum Gasteiger partial charge on any atom is -0.507 e. The van der Waals surface area contributed by atoms with Crippen molar-refractivity contribution in [2.24, 2.45) is 0 Å². The van der Waals surface area contributed by atoms with Gasteiger partial charge in [-0.15, -0.1) is 0 Å². The van der Waals surface area contributed by atoms with E-state index in [0.29, 0.717) is 34.6 Å². The maximum absolute atomic E-state index is 13.3. The van der Waals surface area contributed by atoms with Crippen LogP contribution in [0.15, 0.2) is 72.3 Å². The van der Waals surface area contributed by atoms with Crippen molar-refractivity contribution in [3.63, 3.8) is 0 Å². The van der Waals surface area contributed by atoms with E-state index < -0.39 is 23.7 Å². The molecule has 8 nitrogen and oxygen atoms in total. The summed E-state index contributed by atoms with van der Waals surface area (Å²) in [5, 5.41) is 11.2. The highest BCUT2D eigenvalue weighted by atomic mass is 16.5. The number of hydrogen-bond donors (Lipinski definition) is 1. The number of hydrogen-bond acceptors (Lipinski definition) is 7. The Hall–Kier alpha value is -4.59. The van der Waals surface area contributed by atoms with Crippen LogP contribution >= 0.6 is 0 Å². The quantitative estimate of drug-likeness (QED) is 0.204. The van der Waals surface area contributed by atoms with Crippen LogP contribution in [0, 0.1) is 6.92 Å². The Labute approximate surface area is 221 Å². The summed E-state index contributed by atoms with van der Waals surface area (Å²) in [6, 6.07) is 18.1. The minimum atomic E-state index is -0.844. The number of carbonyl (C=O) groups excluding carboxylic acids is 3. The second-order valence-electron chi connectivity index (χ2n) is 8.91. The monoisotopic (exact) mass is 515 g/mol. The van der Waals surface area contributed by atoms with Gasteiger partial charge >= 0.3 is 5.97 Å². The van der Waals surface area contributed by atoms with Crippen molar-refractivity contribution in [2.75, 3.05) is 27.9 Å². The van der Waals surface area contributed by atoms with E-state index in [1.165, 1.54) is 12.0 Å². The summed E-state index contributed by atoms with van der Waals surface area (Å²) >= 11 is 0. The first-order valence-electron chi connectivity index (χ1n) is 12.0. The highest BCUT2D eigenvalue weighted by Gasteiger charge is 2.45. The number of carbonyl (C=O) groups is 3. The lowest BCUT2D eigenvalue weighted by molar-refractivity contribution is -0.139. The summed E-state index contributed by atoms with van der Waals surface area (Å²) in [6.45, 7) is 2.12. The van der Waals surface area contributed by atoms with Crippen LogP contribution in [-0.2, 0) is 20.7 Å². The molecule has 1 heterocycles. The van der Waals surface area contributed by atoms with Crippen molar-refractivity contribution in [3.8, 4) is 11.5 Å². The van der Waals surface area contributed by atoms with Gasteiger partial charge in [0.15, 0.2) is 11.5 Å². The SMILES string of the molecule is COC(=O)c1ccc(C2/C(=C(/O)c3ccc(C)cc3)C(=O)C(=O)N2CCc2ccc(OC)c(OC)c2)cc1. The number of esters is 1. The van der Waals surface area contributed by atoms with Crippen LogP contribution in [0.2, 0.25) is 0 Å². The van der Waals surface area contributed by atoms with Crippen LogP contribution in [0.5, 0.6) is 11.5 Å². The van der Waals surface area contributed by atoms with Crippen LogP contribution in [-0.4, -0.2) is 55.5 Å². The topological polar surface area (TPSA) is 102 Å². The number of ether oxygens (including phenoxy) is 3. The number of methoxy groups -OCH3 is 3. The lowest BCUT2D eigenvalue weighted by Gasteiger charge is -2.25. The molecule has 1 saturated heterocycles. The van der Waals surface area contributed by atoms with Gasteiger partial charge in [-0.3, -0.25) is 9.59 Å². The lowest BCUT2D eigenvalue weighted by Crippen LogP contribution is -2.31. The Balaban J connectivity index is 1.75. The maximum Gasteiger partial charge on any atom is 0.337 e. The van der Waals surface area contributed by atoms with Crippen molar-refractivity contribution >= 4 is 23.4 Å². The Bertz CT molecular complexity index is 1390.